The van der Waals surface area contributed by atoms with E-state index in [2.05, 4.69) is 10.2 Å². The van der Waals surface area contributed by atoms with Crippen LogP contribution in [-0.4, -0.2) is 29.6 Å². The van der Waals surface area contributed by atoms with Crippen molar-refractivity contribution in [1.82, 2.24) is 9.88 Å². The number of pyridine rings is 1. The lowest BCUT2D eigenvalue weighted by molar-refractivity contribution is -0.122. The standard InChI is InChI=1S/C18H20ClN3O2/c19-15-7-1-2-8-16(15)21-11-5-6-14(12-21)20-17(23)13-22-10-4-3-9-18(22)24/h1-4,7-10,14H,5-6,11-13H2,(H,20,23). The predicted molar refractivity (Wildman–Crippen MR) is 95.5 cm³/mol. The number of nitrogens with zero attached hydrogens (tertiary/aromatic N) is 2. The van der Waals surface area contributed by atoms with Crippen LogP contribution in [0.5, 0.6) is 0 Å². The fourth-order valence-corrected chi connectivity index (χ4v) is 3.30. The molecule has 2 heterocycles. The van der Waals surface area contributed by atoms with Gasteiger partial charge in [-0.25, -0.2) is 0 Å². The number of piperidine rings is 1. The molecule has 126 valence electrons. The van der Waals surface area contributed by atoms with Crippen LogP contribution in [0, 0.1) is 0 Å². The van der Waals surface area contributed by atoms with Gasteiger partial charge in [0.2, 0.25) is 5.91 Å². The molecule has 1 aromatic heterocycles. The maximum Gasteiger partial charge on any atom is 0.250 e. The van der Waals surface area contributed by atoms with E-state index in [0.717, 1.165) is 36.6 Å². The maximum atomic E-state index is 12.2. The van der Waals surface area contributed by atoms with E-state index in [1.54, 1.807) is 18.3 Å². The number of benzene rings is 1. The van der Waals surface area contributed by atoms with Crippen LogP contribution in [0.25, 0.3) is 0 Å². The Morgan fingerprint density at radius 1 is 1.21 bits per heavy atom. The number of anilines is 1. The highest BCUT2D eigenvalue weighted by Crippen LogP contribution is 2.27. The molecule has 0 spiro atoms. The van der Waals surface area contributed by atoms with Crippen LogP contribution >= 0.6 is 11.6 Å². The summed E-state index contributed by atoms with van der Waals surface area (Å²) in [6, 6.07) is 12.7. The Labute approximate surface area is 145 Å². The first-order valence-electron chi connectivity index (χ1n) is 8.08. The summed E-state index contributed by atoms with van der Waals surface area (Å²) in [5.41, 5.74) is 0.825. The van der Waals surface area contributed by atoms with Crippen LogP contribution in [0.4, 0.5) is 5.69 Å². The minimum atomic E-state index is -0.172. The first-order valence-corrected chi connectivity index (χ1v) is 8.45. The maximum absolute atomic E-state index is 12.2. The molecule has 6 heteroatoms. The molecular weight excluding hydrogens is 326 g/mol. The van der Waals surface area contributed by atoms with Crippen molar-refractivity contribution in [3.8, 4) is 0 Å². The largest absolute Gasteiger partial charge is 0.368 e. The fourth-order valence-electron chi connectivity index (χ4n) is 3.04. The van der Waals surface area contributed by atoms with Gasteiger partial charge in [0.15, 0.2) is 0 Å². The van der Waals surface area contributed by atoms with E-state index < -0.39 is 0 Å². The van der Waals surface area contributed by atoms with Gasteiger partial charge >= 0.3 is 0 Å². The summed E-state index contributed by atoms with van der Waals surface area (Å²) in [5.74, 6) is -0.144. The fraction of sp³-hybridized carbons (Fsp3) is 0.333. The van der Waals surface area contributed by atoms with Gasteiger partial charge in [-0.2, -0.15) is 0 Å². The summed E-state index contributed by atoms with van der Waals surface area (Å²) in [6.45, 7) is 1.69. The van der Waals surface area contributed by atoms with Gasteiger partial charge in [0.1, 0.15) is 6.54 Å². The molecule has 1 aliphatic rings. The Kier molecular flexibility index (Phi) is 5.20. The monoisotopic (exact) mass is 345 g/mol. The first kappa shape index (κ1) is 16.6. The predicted octanol–water partition coefficient (Wildman–Crippen LogP) is 2.29. The summed E-state index contributed by atoms with van der Waals surface area (Å²) in [7, 11) is 0. The molecule has 1 N–H and O–H groups in total. The lowest BCUT2D eigenvalue weighted by Gasteiger charge is -2.35. The highest BCUT2D eigenvalue weighted by molar-refractivity contribution is 6.33. The number of carbonyl (C=O) groups excluding carboxylic acids is 1. The zero-order valence-electron chi connectivity index (χ0n) is 13.3. The SMILES string of the molecule is O=C(Cn1ccccc1=O)NC1CCCN(c2ccccc2Cl)C1. The number of rotatable bonds is 4. The topological polar surface area (TPSA) is 54.3 Å². The summed E-state index contributed by atoms with van der Waals surface area (Å²) in [5, 5.41) is 3.75. The van der Waals surface area contributed by atoms with E-state index in [-0.39, 0.29) is 24.1 Å². The summed E-state index contributed by atoms with van der Waals surface area (Å²) in [6.07, 6.45) is 3.54. The number of halogens is 1. The number of hydrogen-bond acceptors (Lipinski definition) is 3. The zero-order chi connectivity index (χ0) is 16.9. The lowest BCUT2D eigenvalue weighted by atomic mass is 10.0. The summed E-state index contributed by atoms with van der Waals surface area (Å²) in [4.78, 5) is 26.1. The van der Waals surface area contributed by atoms with Crippen LogP contribution < -0.4 is 15.8 Å². The van der Waals surface area contributed by atoms with Crippen LogP contribution in [0.1, 0.15) is 12.8 Å². The van der Waals surface area contributed by atoms with Crippen molar-refractivity contribution in [2.45, 2.75) is 25.4 Å². The Morgan fingerprint density at radius 2 is 2.00 bits per heavy atom. The Morgan fingerprint density at radius 3 is 2.79 bits per heavy atom. The molecule has 1 amide bonds. The molecule has 0 bridgehead atoms. The van der Waals surface area contributed by atoms with Gasteiger partial charge in [-0.1, -0.05) is 29.8 Å². The molecule has 0 saturated carbocycles. The van der Waals surface area contributed by atoms with Gasteiger partial charge in [0.25, 0.3) is 5.56 Å². The molecule has 3 rings (SSSR count). The van der Waals surface area contributed by atoms with Gasteiger partial charge < -0.3 is 14.8 Å². The van der Waals surface area contributed by atoms with E-state index >= 15 is 0 Å². The van der Waals surface area contributed by atoms with Crippen LogP contribution in [0.3, 0.4) is 0 Å². The molecule has 1 aliphatic heterocycles. The number of carbonyl (C=O) groups is 1. The second kappa shape index (κ2) is 7.53. The smallest absolute Gasteiger partial charge is 0.250 e. The molecule has 1 fully saturated rings. The van der Waals surface area contributed by atoms with Crippen molar-refractivity contribution in [2.75, 3.05) is 18.0 Å². The van der Waals surface area contributed by atoms with E-state index in [4.69, 9.17) is 11.6 Å². The summed E-state index contributed by atoms with van der Waals surface area (Å²) < 4.78 is 1.41. The zero-order valence-corrected chi connectivity index (χ0v) is 14.1. The van der Waals surface area contributed by atoms with Crippen molar-refractivity contribution in [3.05, 3.63) is 64.0 Å². The molecule has 1 unspecified atom stereocenters. The molecule has 1 saturated heterocycles. The molecule has 1 atom stereocenters. The number of amides is 1. The third-order valence-electron chi connectivity index (χ3n) is 4.19. The van der Waals surface area contributed by atoms with E-state index in [0.29, 0.717) is 0 Å². The number of aromatic nitrogens is 1. The summed E-state index contributed by atoms with van der Waals surface area (Å²) >= 11 is 6.27. The number of para-hydroxylation sites is 1. The van der Waals surface area contributed by atoms with Crippen LogP contribution in [0.2, 0.25) is 5.02 Å². The minimum absolute atomic E-state index is 0.0439. The minimum Gasteiger partial charge on any atom is -0.368 e. The average molecular weight is 346 g/mol. The highest BCUT2D eigenvalue weighted by Gasteiger charge is 2.22. The Hall–Kier alpha value is -2.27. The lowest BCUT2D eigenvalue weighted by Crippen LogP contribution is -2.49. The normalized spacial score (nSPS) is 17.5. The van der Waals surface area contributed by atoms with Gasteiger partial charge in [0, 0.05) is 31.4 Å². The van der Waals surface area contributed by atoms with E-state index in [9.17, 15) is 9.59 Å². The Balaban J connectivity index is 1.61. The van der Waals surface area contributed by atoms with Crippen molar-refractivity contribution >= 4 is 23.2 Å². The molecule has 5 nitrogen and oxygen atoms in total. The molecule has 2 aromatic rings. The van der Waals surface area contributed by atoms with Crippen molar-refractivity contribution < 1.29 is 4.79 Å². The second-order valence-electron chi connectivity index (χ2n) is 5.97. The van der Waals surface area contributed by atoms with Crippen LogP contribution in [0.15, 0.2) is 53.5 Å². The van der Waals surface area contributed by atoms with E-state index in [1.165, 1.54) is 10.6 Å². The molecule has 1 aromatic carbocycles. The van der Waals surface area contributed by atoms with Crippen LogP contribution in [-0.2, 0) is 11.3 Å². The quantitative estimate of drug-likeness (QED) is 0.925. The third kappa shape index (κ3) is 3.97. The number of hydrogen-bond donors (Lipinski definition) is 1. The van der Waals surface area contributed by atoms with Gasteiger partial charge in [-0.15, -0.1) is 0 Å². The molecule has 0 aliphatic carbocycles. The highest BCUT2D eigenvalue weighted by atomic mass is 35.5. The van der Waals surface area contributed by atoms with Gasteiger partial charge in [-0.05, 0) is 31.0 Å². The Bertz CT molecular complexity index is 775. The molecule has 0 radical (unpaired) electrons. The molecule has 24 heavy (non-hydrogen) atoms. The van der Waals surface area contributed by atoms with Crippen molar-refractivity contribution in [1.29, 1.82) is 0 Å². The number of nitrogens with one attached hydrogen (secondary N) is 1. The van der Waals surface area contributed by atoms with Crippen molar-refractivity contribution in [2.24, 2.45) is 0 Å². The first-order chi connectivity index (χ1) is 11.6. The van der Waals surface area contributed by atoms with Gasteiger partial charge in [0.05, 0.1) is 10.7 Å². The van der Waals surface area contributed by atoms with Gasteiger partial charge in [-0.3, -0.25) is 9.59 Å². The third-order valence-corrected chi connectivity index (χ3v) is 4.51. The van der Waals surface area contributed by atoms with Crippen molar-refractivity contribution in [3.63, 3.8) is 0 Å². The molecular formula is C18H20ClN3O2. The van der Waals surface area contributed by atoms with E-state index in [1.807, 2.05) is 24.3 Å². The average Bonchev–Trinajstić information content (AvgIpc) is 2.57. The second-order valence-corrected chi connectivity index (χ2v) is 6.38.